The number of allylic oxidation sites excluding steroid dienone is 2. The van der Waals surface area contributed by atoms with E-state index in [1.807, 2.05) is 38.1 Å². The number of benzene rings is 1. The van der Waals surface area contributed by atoms with Crippen LogP contribution in [0.4, 0.5) is 11.4 Å². The molecule has 0 bridgehead atoms. The van der Waals surface area contributed by atoms with E-state index >= 15 is 0 Å². The smallest absolute Gasteiger partial charge is 0.228 e. The van der Waals surface area contributed by atoms with Gasteiger partial charge < -0.3 is 0 Å². The van der Waals surface area contributed by atoms with Gasteiger partial charge in [0.1, 0.15) is 0 Å². The molecule has 0 saturated carbocycles. The van der Waals surface area contributed by atoms with Crippen molar-refractivity contribution in [2.45, 2.75) is 27.7 Å². The number of para-hydroxylation sites is 2. The molecule has 0 aliphatic carbocycles. The molecule has 0 fully saturated rings. The van der Waals surface area contributed by atoms with Crippen LogP contribution in [-0.4, -0.2) is 11.8 Å². The van der Waals surface area contributed by atoms with E-state index < -0.39 is 0 Å². The molecule has 1 heterocycles. The molecule has 2 amide bonds. The van der Waals surface area contributed by atoms with E-state index in [0.29, 0.717) is 0 Å². The van der Waals surface area contributed by atoms with Gasteiger partial charge in [-0.25, -0.2) is 0 Å². The summed E-state index contributed by atoms with van der Waals surface area (Å²) in [5, 5.41) is 0. The second-order valence-corrected chi connectivity index (χ2v) is 4.37. The second kappa shape index (κ2) is 4.29. The van der Waals surface area contributed by atoms with E-state index in [-0.39, 0.29) is 11.8 Å². The lowest BCUT2D eigenvalue weighted by molar-refractivity contribution is -0.117. The van der Waals surface area contributed by atoms with Crippen molar-refractivity contribution in [3.8, 4) is 0 Å². The fourth-order valence-electron chi connectivity index (χ4n) is 2.34. The molecule has 1 aromatic carbocycles. The van der Waals surface area contributed by atoms with Crippen molar-refractivity contribution in [2.75, 3.05) is 9.80 Å². The van der Waals surface area contributed by atoms with Crippen LogP contribution in [0.5, 0.6) is 0 Å². The number of carbonyl (C=O) groups is 2. The number of hydrogen-bond acceptors (Lipinski definition) is 2. The summed E-state index contributed by atoms with van der Waals surface area (Å²) in [6.45, 7) is 6.75. The van der Waals surface area contributed by atoms with Crippen molar-refractivity contribution >= 4 is 23.2 Å². The van der Waals surface area contributed by atoms with Crippen LogP contribution in [0.15, 0.2) is 35.7 Å². The monoisotopic (exact) mass is 244 g/mol. The van der Waals surface area contributed by atoms with Gasteiger partial charge in [0.05, 0.1) is 11.4 Å². The minimum absolute atomic E-state index is 0.0532. The lowest BCUT2D eigenvalue weighted by atomic mass is 10.1. The van der Waals surface area contributed by atoms with Crippen molar-refractivity contribution in [3.05, 3.63) is 35.7 Å². The zero-order valence-corrected chi connectivity index (χ0v) is 11.0. The Morgan fingerprint density at radius 1 is 0.833 bits per heavy atom. The Kier molecular flexibility index (Phi) is 2.95. The minimum Gasteiger partial charge on any atom is -0.281 e. The molecule has 0 atom stereocenters. The summed E-state index contributed by atoms with van der Waals surface area (Å²) in [6.07, 6.45) is 0. The topological polar surface area (TPSA) is 40.6 Å². The quantitative estimate of drug-likeness (QED) is 0.704. The van der Waals surface area contributed by atoms with Gasteiger partial charge in [0.25, 0.3) is 0 Å². The van der Waals surface area contributed by atoms with Crippen LogP contribution >= 0.6 is 0 Å². The average molecular weight is 244 g/mol. The van der Waals surface area contributed by atoms with Gasteiger partial charge in [0.15, 0.2) is 0 Å². The zero-order chi connectivity index (χ0) is 13.4. The summed E-state index contributed by atoms with van der Waals surface area (Å²) < 4.78 is 0. The van der Waals surface area contributed by atoms with Crippen LogP contribution in [0, 0.1) is 0 Å². The maximum atomic E-state index is 11.8. The number of amides is 2. The highest BCUT2D eigenvalue weighted by Gasteiger charge is 2.30. The van der Waals surface area contributed by atoms with Crippen LogP contribution in [0.2, 0.25) is 0 Å². The third-order valence-electron chi connectivity index (χ3n) is 3.19. The van der Waals surface area contributed by atoms with Crippen LogP contribution in [0.25, 0.3) is 0 Å². The molecule has 0 aromatic heterocycles. The first-order valence-electron chi connectivity index (χ1n) is 5.83. The summed E-state index contributed by atoms with van der Waals surface area (Å²) in [4.78, 5) is 26.9. The zero-order valence-electron chi connectivity index (χ0n) is 11.0. The summed E-state index contributed by atoms with van der Waals surface area (Å²) in [5.41, 5.74) is 3.08. The average Bonchev–Trinajstić information content (AvgIpc) is 2.29. The largest absolute Gasteiger partial charge is 0.281 e. The molecule has 0 spiro atoms. The van der Waals surface area contributed by atoms with Gasteiger partial charge in [0, 0.05) is 25.2 Å². The van der Waals surface area contributed by atoms with Crippen molar-refractivity contribution in [1.29, 1.82) is 0 Å². The molecule has 0 N–H and O–H groups in total. The predicted molar refractivity (Wildman–Crippen MR) is 71.1 cm³/mol. The van der Waals surface area contributed by atoms with Crippen LogP contribution < -0.4 is 9.80 Å². The first-order chi connectivity index (χ1) is 8.45. The summed E-state index contributed by atoms with van der Waals surface area (Å²) in [7, 11) is 0. The van der Waals surface area contributed by atoms with Crippen molar-refractivity contribution in [2.24, 2.45) is 0 Å². The van der Waals surface area contributed by atoms with Gasteiger partial charge in [-0.1, -0.05) is 12.1 Å². The van der Waals surface area contributed by atoms with Gasteiger partial charge in [-0.2, -0.15) is 0 Å². The Hall–Kier alpha value is -2.10. The normalized spacial score (nSPS) is 14.7. The Balaban J connectivity index is 2.71. The molecule has 0 unspecified atom stereocenters. The summed E-state index contributed by atoms with van der Waals surface area (Å²) in [6, 6.07) is 7.42. The van der Waals surface area contributed by atoms with Crippen LogP contribution in [0.1, 0.15) is 27.7 Å². The first kappa shape index (κ1) is 12.4. The Labute approximate surface area is 106 Å². The maximum absolute atomic E-state index is 11.8. The molecule has 1 aromatic rings. The number of hydrogen-bond donors (Lipinski definition) is 0. The molecule has 0 saturated heterocycles. The fourth-order valence-corrected chi connectivity index (χ4v) is 2.34. The summed E-state index contributed by atoms with van der Waals surface area (Å²) in [5.74, 6) is -0.106. The molecule has 1 aliphatic heterocycles. The van der Waals surface area contributed by atoms with Gasteiger partial charge in [-0.3, -0.25) is 19.4 Å². The van der Waals surface area contributed by atoms with E-state index in [2.05, 4.69) is 0 Å². The highest BCUT2D eigenvalue weighted by molar-refractivity contribution is 6.06. The van der Waals surface area contributed by atoms with E-state index in [1.165, 1.54) is 13.8 Å². The van der Waals surface area contributed by atoms with Crippen molar-refractivity contribution in [1.82, 2.24) is 0 Å². The Bertz CT molecular complexity index is 512. The Morgan fingerprint density at radius 3 is 1.44 bits per heavy atom. The highest BCUT2D eigenvalue weighted by Crippen LogP contribution is 2.39. The molecule has 1 aliphatic rings. The molecule has 2 rings (SSSR count). The molecule has 18 heavy (non-hydrogen) atoms. The van der Waals surface area contributed by atoms with Crippen molar-refractivity contribution < 1.29 is 9.59 Å². The number of anilines is 2. The van der Waals surface area contributed by atoms with Gasteiger partial charge in [0.2, 0.25) is 11.8 Å². The first-order valence-corrected chi connectivity index (χ1v) is 5.83. The van der Waals surface area contributed by atoms with E-state index in [4.69, 9.17) is 0 Å². The third kappa shape index (κ3) is 1.70. The lowest BCUT2D eigenvalue weighted by Crippen LogP contribution is -2.39. The number of rotatable bonds is 0. The van der Waals surface area contributed by atoms with E-state index in [0.717, 1.165) is 22.8 Å². The lowest BCUT2D eigenvalue weighted by Gasteiger charge is -2.37. The molecule has 0 radical (unpaired) electrons. The third-order valence-corrected chi connectivity index (χ3v) is 3.19. The molecular weight excluding hydrogens is 228 g/mol. The van der Waals surface area contributed by atoms with E-state index in [1.54, 1.807) is 9.80 Å². The van der Waals surface area contributed by atoms with Gasteiger partial charge >= 0.3 is 0 Å². The second-order valence-electron chi connectivity index (χ2n) is 4.37. The maximum Gasteiger partial charge on any atom is 0.228 e. The minimum atomic E-state index is -0.0532. The number of carbonyl (C=O) groups excluding carboxylic acids is 2. The molecule has 4 nitrogen and oxygen atoms in total. The number of nitrogens with zero attached hydrogens (tertiary/aromatic N) is 2. The predicted octanol–water partition coefficient (Wildman–Crippen LogP) is 2.66. The standard InChI is InChI=1S/C14H16N2O2/c1-9-10(2)16(12(4)18)14-8-6-5-7-13(14)15(9)11(3)17/h5-8H,1-4H3. The number of fused-ring (bicyclic) bond motifs is 1. The van der Waals surface area contributed by atoms with Crippen molar-refractivity contribution in [3.63, 3.8) is 0 Å². The Morgan fingerprint density at radius 2 is 1.17 bits per heavy atom. The fraction of sp³-hybridized carbons (Fsp3) is 0.286. The molecule has 94 valence electrons. The van der Waals surface area contributed by atoms with E-state index in [9.17, 15) is 9.59 Å². The van der Waals surface area contributed by atoms with Gasteiger partial charge in [-0.05, 0) is 26.0 Å². The van der Waals surface area contributed by atoms with Crippen LogP contribution in [0.3, 0.4) is 0 Å². The molecule has 4 heteroatoms. The van der Waals surface area contributed by atoms with Gasteiger partial charge in [-0.15, -0.1) is 0 Å². The SMILES string of the molecule is CC(=O)N1C(C)=C(C)N(C(C)=O)c2ccccc21. The molecular formula is C14H16N2O2. The highest BCUT2D eigenvalue weighted by atomic mass is 16.2. The summed E-state index contributed by atoms with van der Waals surface area (Å²) >= 11 is 0. The van der Waals surface area contributed by atoms with Crippen LogP contribution in [-0.2, 0) is 9.59 Å².